The molecule has 3 unspecified atom stereocenters. The van der Waals surface area contributed by atoms with Crippen molar-refractivity contribution in [1.29, 1.82) is 0 Å². The van der Waals surface area contributed by atoms with Crippen LogP contribution in [0.3, 0.4) is 0 Å². The third-order valence-electron chi connectivity index (χ3n) is 4.06. The van der Waals surface area contributed by atoms with Gasteiger partial charge in [0.2, 0.25) is 11.8 Å². The lowest BCUT2D eigenvalue weighted by Crippen LogP contribution is -2.49. The highest BCUT2D eigenvalue weighted by Crippen LogP contribution is 2.34. The van der Waals surface area contributed by atoms with Crippen LogP contribution in [0.5, 0.6) is 0 Å². The first-order chi connectivity index (χ1) is 11.3. The summed E-state index contributed by atoms with van der Waals surface area (Å²) in [6.07, 6.45) is 0.448. The normalized spacial score (nSPS) is 18.7. The van der Waals surface area contributed by atoms with E-state index in [2.05, 4.69) is 10.6 Å². The summed E-state index contributed by atoms with van der Waals surface area (Å²) >= 11 is 0. The summed E-state index contributed by atoms with van der Waals surface area (Å²) in [5, 5.41) is 14.4. The summed E-state index contributed by atoms with van der Waals surface area (Å²) in [4.78, 5) is 35.5. The SMILES string of the molecule is CC(C)CC(NC(=O)C(N)CC1C(=O)Nc2ccccc21)C(=O)O. The van der Waals surface area contributed by atoms with Crippen molar-refractivity contribution in [2.24, 2.45) is 11.7 Å². The van der Waals surface area contributed by atoms with Crippen molar-refractivity contribution in [2.45, 2.75) is 44.7 Å². The summed E-state index contributed by atoms with van der Waals surface area (Å²) < 4.78 is 0. The van der Waals surface area contributed by atoms with Crippen molar-refractivity contribution in [3.05, 3.63) is 29.8 Å². The number of nitrogens with one attached hydrogen (secondary N) is 2. The van der Waals surface area contributed by atoms with Crippen LogP contribution in [0.2, 0.25) is 0 Å². The Hall–Kier alpha value is -2.41. The molecule has 7 heteroatoms. The first-order valence-corrected chi connectivity index (χ1v) is 7.98. The Balaban J connectivity index is 2.01. The Labute approximate surface area is 140 Å². The number of rotatable bonds is 7. The predicted molar refractivity (Wildman–Crippen MR) is 89.4 cm³/mol. The van der Waals surface area contributed by atoms with E-state index in [1.807, 2.05) is 32.0 Å². The molecule has 130 valence electrons. The number of carboxylic acids is 1. The van der Waals surface area contributed by atoms with Gasteiger partial charge in [-0.3, -0.25) is 9.59 Å². The molecule has 0 radical (unpaired) electrons. The highest BCUT2D eigenvalue weighted by Gasteiger charge is 2.34. The van der Waals surface area contributed by atoms with Crippen LogP contribution in [0.1, 0.15) is 38.2 Å². The molecule has 0 aromatic heterocycles. The van der Waals surface area contributed by atoms with Crippen molar-refractivity contribution in [3.63, 3.8) is 0 Å². The quantitative estimate of drug-likeness (QED) is 0.594. The van der Waals surface area contributed by atoms with Crippen LogP contribution < -0.4 is 16.4 Å². The molecule has 3 atom stereocenters. The number of benzene rings is 1. The number of fused-ring (bicyclic) bond motifs is 1. The minimum atomic E-state index is -1.09. The molecule has 0 spiro atoms. The number of anilines is 1. The Morgan fingerprint density at radius 2 is 2.00 bits per heavy atom. The van der Waals surface area contributed by atoms with Crippen LogP contribution in [0, 0.1) is 5.92 Å². The number of carboxylic acid groups (broad SMARTS) is 1. The molecule has 1 aromatic rings. The van der Waals surface area contributed by atoms with Crippen LogP contribution in [0.4, 0.5) is 5.69 Å². The largest absolute Gasteiger partial charge is 0.480 e. The van der Waals surface area contributed by atoms with E-state index in [0.717, 1.165) is 11.3 Å². The zero-order valence-corrected chi connectivity index (χ0v) is 13.8. The highest BCUT2D eigenvalue weighted by atomic mass is 16.4. The number of carbonyl (C=O) groups is 3. The Morgan fingerprint density at radius 3 is 2.62 bits per heavy atom. The molecule has 1 aliphatic heterocycles. The second-order valence-corrected chi connectivity index (χ2v) is 6.50. The lowest BCUT2D eigenvalue weighted by Gasteiger charge is -2.20. The molecule has 5 N–H and O–H groups in total. The molecule has 0 saturated heterocycles. The van der Waals surface area contributed by atoms with Crippen LogP contribution in [-0.2, 0) is 14.4 Å². The molecule has 0 fully saturated rings. The summed E-state index contributed by atoms with van der Waals surface area (Å²) in [6, 6.07) is 5.32. The number of amides is 2. The molecule has 0 saturated carbocycles. The van der Waals surface area contributed by atoms with E-state index in [0.29, 0.717) is 6.42 Å². The molecule has 1 aromatic carbocycles. The van der Waals surface area contributed by atoms with Gasteiger partial charge < -0.3 is 21.5 Å². The standard InChI is InChI=1S/C17H23N3O4/c1-9(2)7-14(17(23)24)20-16(22)12(18)8-11-10-5-3-4-6-13(10)19-15(11)21/h3-6,9,11-12,14H,7-8,18H2,1-2H3,(H,19,21)(H,20,22)(H,23,24). The van der Waals surface area contributed by atoms with Gasteiger partial charge in [0.05, 0.1) is 12.0 Å². The van der Waals surface area contributed by atoms with E-state index in [1.165, 1.54) is 0 Å². The molecular weight excluding hydrogens is 310 g/mol. The Bertz CT molecular complexity index is 644. The maximum atomic E-state index is 12.2. The first kappa shape index (κ1) is 17.9. The van der Waals surface area contributed by atoms with Gasteiger partial charge in [0.25, 0.3) is 0 Å². The maximum Gasteiger partial charge on any atom is 0.326 e. The maximum absolute atomic E-state index is 12.2. The molecule has 1 heterocycles. The molecule has 7 nitrogen and oxygen atoms in total. The smallest absolute Gasteiger partial charge is 0.326 e. The molecule has 2 amide bonds. The van der Waals surface area contributed by atoms with Crippen molar-refractivity contribution in [1.82, 2.24) is 5.32 Å². The third kappa shape index (κ3) is 4.11. The zero-order chi connectivity index (χ0) is 17.9. The van der Waals surface area contributed by atoms with E-state index in [9.17, 15) is 19.5 Å². The monoisotopic (exact) mass is 333 g/mol. The number of hydrogen-bond donors (Lipinski definition) is 4. The lowest BCUT2D eigenvalue weighted by atomic mass is 9.93. The molecule has 0 aliphatic carbocycles. The average Bonchev–Trinajstić information content (AvgIpc) is 2.82. The van der Waals surface area contributed by atoms with Crippen LogP contribution in [-0.4, -0.2) is 35.0 Å². The molecular formula is C17H23N3O4. The Morgan fingerprint density at radius 1 is 1.33 bits per heavy atom. The molecule has 0 bridgehead atoms. The number of aliphatic carboxylic acids is 1. The third-order valence-corrected chi connectivity index (χ3v) is 4.06. The van der Waals surface area contributed by atoms with E-state index < -0.39 is 29.9 Å². The van der Waals surface area contributed by atoms with Gasteiger partial charge in [-0.1, -0.05) is 32.0 Å². The van der Waals surface area contributed by atoms with Gasteiger partial charge in [-0.2, -0.15) is 0 Å². The summed E-state index contributed by atoms with van der Waals surface area (Å²) in [5.74, 6) is -2.23. The number of para-hydroxylation sites is 1. The van der Waals surface area contributed by atoms with Crippen molar-refractivity contribution >= 4 is 23.5 Å². The van der Waals surface area contributed by atoms with Crippen LogP contribution >= 0.6 is 0 Å². The minimum absolute atomic E-state index is 0.120. The summed E-state index contributed by atoms with van der Waals surface area (Å²) in [6.45, 7) is 3.75. The van der Waals surface area contributed by atoms with Crippen LogP contribution in [0.15, 0.2) is 24.3 Å². The fourth-order valence-electron chi connectivity index (χ4n) is 2.84. The first-order valence-electron chi connectivity index (χ1n) is 7.98. The number of hydrogen-bond acceptors (Lipinski definition) is 4. The van der Waals surface area contributed by atoms with E-state index in [4.69, 9.17) is 5.73 Å². The second kappa shape index (κ2) is 7.44. The number of carbonyl (C=O) groups excluding carboxylic acids is 2. The van der Waals surface area contributed by atoms with Gasteiger partial charge in [-0.15, -0.1) is 0 Å². The van der Waals surface area contributed by atoms with Gasteiger partial charge >= 0.3 is 5.97 Å². The van der Waals surface area contributed by atoms with Gasteiger partial charge in [0.15, 0.2) is 0 Å². The van der Waals surface area contributed by atoms with E-state index in [-0.39, 0.29) is 18.2 Å². The zero-order valence-electron chi connectivity index (χ0n) is 13.8. The van der Waals surface area contributed by atoms with Gasteiger partial charge in [0.1, 0.15) is 6.04 Å². The summed E-state index contributed by atoms with van der Waals surface area (Å²) in [5.41, 5.74) is 7.44. The van der Waals surface area contributed by atoms with Gasteiger partial charge in [-0.25, -0.2) is 4.79 Å². The van der Waals surface area contributed by atoms with Crippen LogP contribution in [0.25, 0.3) is 0 Å². The summed E-state index contributed by atoms with van der Waals surface area (Å²) in [7, 11) is 0. The van der Waals surface area contributed by atoms with Crippen molar-refractivity contribution in [2.75, 3.05) is 5.32 Å². The molecule has 24 heavy (non-hydrogen) atoms. The van der Waals surface area contributed by atoms with E-state index >= 15 is 0 Å². The highest BCUT2D eigenvalue weighted by molar-refractivity contribution is 6.03. The average molecular weight is 333 g/mol. The Kier molecular flexibility index (Phi) is 5.56. The fraction of sp³-hybridized carbons (Fsp3) is 0.471. The van der Waals surface area contributed by atoms with E-state index in [1.54, 1.807) is 6.07 Å². The van der Waals surface area contributed by atoms with Gasteiger partial charge in [-0.05, 0) is 30.4 Å². The van der Waals surface area contributed by atoms with Crippen molar-refractivity contribution in [3.8, 4) is 0 Å². The second-order valence-electron chi connectivity index (χ2n) is 6.50. The van der Waals surface area contributed by atoms with Gasteiger partial charge in [0, 0.05) is 5.69 Å². The predicted octanol–water partition coefficient (Wildman–Crippen LogP) is 1.06. The van der Waals surface area contributed by atoms with Crippen molar-refractivity contribution < 1.29 is 19.5 Å². The fourth-order valence-corrected chi connectivity index (χ4v) is 2.84. The molecule has 1 aliphatic rings. The topological polar surface area (TPSA) is 122 Å². The lowest BCUT2D eigenvalue weighted by molar-refractivity contribution is -0.142. The minimum Gasteiger partial charge on any atom is -0.480 e. The molecule has 2 rings (SSSR count). The number of nitrogens with two attached hydrogens (primary N) is 1.